The Hall–Kier alpha value is -4.04. The number of aryl methyl sites for hydroxylation is 3. The molecule has 1 aliphatic carbocycles. The summed E-state index contributed by atoms with van der Waals surface area (Å²) in [4.78, 5) is 0. The van der Waals surface area contributed by atoms with Gasteiger partial charge in [-0.2, -0.15) is 0 Å². The molecule has 0 fully saturated rings. The smallest absolute Gasteiger partial charge is 0.0669 e. The summed E-state index contributed by atoms with van der Waals surface area (Å²) in [6.45, 7) is 20.9. The average Bonchev–Trinajstić information content (AvgIpc) is 3.50. The minimum Gasteiger partial charge on any atom is -0.334 e. The van der Waals surface area contributed by atoms with Crippen LogP contribution in [-0.4, -0.2) is 9.13 Å². The highest BCUT2D eigenvalue weighted by molar-refractivity contribution is 6.08. The zero-order chi connectivity index (χ0) is 31.1. The summed E-state index contributed by atoms with van der Waals surface area (Å²) in [5.41, 5.74) is 13.0. The van der Waals surface area contributed by atoms with Crippen molar-refractivity contribution in [1.82, 2.24) is 9.13 Å². The van der Waals surface area contributed by atoms with E-state index < -0.39 is 0 Å². The van der Waals surface area contributed by atoms with E-state index in [-0.39, 0.29) is 11.1 Å². The van der Waals surface area contributed by atoms with Crippen molar-refractivity contribution < 1.29 is 0 Å². The van der Waals surface area contributed by atoms with E-state index in [2.05, 4.69) is 162 Å². The first kappa shape index (κ1) is 28.7. The fraction of sp³-hybridized carbons (Fsp3) is 0.333. The van der Waals surface area contributed by atoms with Gasteiger partial charge in [0.15, 0.2) is 0 Å². The summed E-state index contributed by atoms with van der Waals surface area (Å²) < 4.78 is 5.27. The van der Waals surface area contributed by atoms with Crippen LogP contribution in [0.1, 0.15) is 93.0 Å². The van der Waals surface area contributed by atoms with E-state index in [9.17, 15) is 0 Å². The van der Waals surface area contributed by atoms with E-state index in [1.54, 1.807) is 0 Å². The molecule has 2 heteroatoms. The second kappa shape index (κ2) is 9.99. The highest BCUT2D eigenvalue weighted by atomic mass is 15.1. The molecule has 0 spiro atoms. The Kier molecular flexibility index (Phi) is 6.52. The van der Waals surface area contributed by atoms with Crippen molar-refractivity contribution in [3.8, 4) is 0 Å². The maximum absolute atomic E-state index is 2.70. The molecule has 0 aliphatic heterocycles. The third kappa shape index (κ3) is 4.06. The first-order valence-electron chi connectivity index (χ1n) is 16.4. The molecule has 2 nitrogen and oxygen atoms in total. The molecule has 1 aliphatic rings. The maximum atomic E-state index is 2.70. The number of benzene rings is 4. The van der Waals surface area contributed by atoms with E-state index in [4.69, 9.17) is 0 Å². The average molecular weight is 579 g/mol. The molecule has 3 atom stereocenters. The Labute approximate surface area is 263 Å². The van der Waals surface area contributed by atoms with Crippen molar-refractivity contribution in [2.24, 2.45) is 5.92 Å². The summed E-state index contributed by atoms with van der Waals surface area (Å²) in [5, 5.41) is 4.02. The lowest BCUT2D eigenvalue weighted by Crippen LogP contribution is -2.34. The molecular formula is C42H46N2. The van der Waals surface area contributed by atoms with E-state index in [0.717, 1.165) is 6.42 Å². The van der Waals surface area contributed by atoms with Gasteiger partial charge in [0.1, 0.15) is 0 Å². The van der Waals surface area contributed by atoms with Crippen LogP contribution in [0.2, 0.25) is 0 Å². The van der Waals surface area contributed by atoms with Crippen LogP contribution >= 0.6 is 0 Å². The van der Waals surface area contributed by atoms with Gasteiger partial charge in [0.2, 0.25) is 0 Å². The molecule has 0 saturated carbocycles. The molecule has 0 radical (unpaired) electrons. The molecule has 224 valence electrons. The van der Waals surface area contributed by atoms with Crippen LogP contribution in [0.5, 0.6) is 0 Å². The molecule has 0 saturated heterocycles. The SMILES string of the molecule is CCC(C)(c1ccc(C(C)(C)n2c3cc(C)ccc3c3ccc(C)cc32)cc1)n1c2c(c3ccc(C)cc31)C=CC(C)C2C. The van der Waals surface area contributed by atoms with E-state index in [1.807, 2.05) is 0 Å². The monoisotopic (exact) mass is 578 g/mol. The van der Waals surface area contributed by atoms with Gasteiger partial charge in [0.25, 0.3) is 0 Å². The molecule has 2 heterocycles. The van der Waals surface area contributed by atoms with Gasteiger partial charge < -0.3 is 9.13 Å². The number of hydrogen-bond donors (Lipinski definition) is 0. The third-order valence-corrected chi connectivity index (χ3v) is 11.0. The topological polar surface area (TPSA) is 9.86 Å². The van der Waals surface area contributed by atoms with Crippen LogP contribution in [-0.2, 0) is 11.1 Å². The molecule has 44 heavy (non-hydrogen) atoms. The molecule has 3 unspecified atom stereocenters. The van der Waals surface area contributed by atoms with Gasteiger partial charge in [0.05, 0.1) is 22.1 Å². The van der Waals surface area contributed by atoms with Crippen LogP contribution in [0.3, 0.4) is 0 Å². The van der Waals surface area contributed by atoms with Crippen LogP contribution in [0, 0.1) is 26.7 Å². The molecular weight excluding hydrogens is 532 g/mol. The Balaban J connectivity index is 1.40. The van der Waals surface area contributed by atoms with Gasteiger partial charge in [-0.15, -0.1) is 0 Å². The van der Waals surface area contributed by atoms with Crippen LogP contribution in [0.25, 0.3) is 38.8 Å². The first-order valence-corrected chi connectivity index (χ1v) is 16.4. The Morgan fingerprint density at radius 2 is 1.09 bits per heavy atom. The molecule has 2 aromatic heterocycles. The van der Waals surface area contributed by atoms with E-state index in [1.165, 1.54) is 71.8 Å². The lowest BCUT2D eigenvalue weighted by Gasteiger charge is -2.38. The van der Waals surface area contributed by atoms with Gasteiger partial charge in [0, 0.05) is 38.9 Å². The van der Waals surface area contributed by atoms with Crippen LogP contribution in [0.4, 0.5) is 0 Å². The van der Waals surface area contributed by atoms with Gasteiger partial charge in [-0.1, -0.05) is 93.6 Å². The Bertz CT molecular complexity index is 2040. The predicted molar refractivity (Wildman–Crippen MR) is 190 cm³/mol. The van der Waals surface area contributed by atoms with Crippen molar-refractivity contribution in [1.29, 1.82) is 0 Å². The summed E-state index contributed by atoms with van der Waals surface area (Å²) in [6, 6.07) is 30.4. The normalized spacial score (nSPS) is 18.3. The number of fused-ring (bicyclic) bond motifs is 6. The second-order valence-corrected chi connectivity index (χ2v) is 14.3. The van der Waals surface area contributed by atoms with Crippen LogP contribution in [0.15, 0.2) is 84.9 Å². The van der Waals surface area contributed by atoms with Crippen molar-refractivity contribution in [3.05, 3.63) is 124 Å². The third-order valence-electron chi connectivity index (χ3n) is 11.0. The quantitative estimate of drug-likeness (QED) is 0.193. The maximum Gasteiger partial charge on any atom is 0.0669 e. The zero-order valence-electron chi connectivity index (χ0n) is 27.9. The zero-order valence-corrected chi connectivity index (χ0v) is 27.9. The van der Waals surface area contributed by atoms with Crippen molar-refractivity contribution >= 4 is 38.8 Å². The lowest BCUT2D eigenvalue weighted by atomic mass is 9.82. The molecule has 0 bridgehead atoms. The summed E-state index contributed by atoms with van der Waals surface area (Å²) in [5.74, 6) is 0.962. The first-order chi connectivity index (χ1) is 21.0. The van der Waals surface area contributed by atoms with Crippen LogP contribution < -0.4 is 0 Å². The number of rotatable bonds is 5. The molecule has 6 aromatic rings. The Morgan fingerprint density at radius 3 is 1.61 bits per heavy atom. The van der Waals surface area contributed by atoms with Gasteiger partial charge in [-0.25, -0.2) is 0 Å². The highest BCUT2D eigenvalue weighted by Gasteiger charge is 2.36. The second-order valence-electron chi connectivity index (χ2n) is 14.3. The standard InChI is InChI=1S/C42H46N2/c1-10-42(9,44-39-25-28(4)13-21-35(39)36-22-14-29(5)30(6)40(36)44)32-17-15-31(16-18-32)41(7,8)43-37-23-26(2)11-19-33(37)34-20-12-27(3)24-38(34)43/h11-25,29-30H,10H2,1-9H3. The summed E-state index contributed by atoms with van der Waals surface area (Å²) in [6.07, 6.45) is 5.79. The summed E-state index contributed by atoms with van der Waals surface area (Å²) in [7, 11) is 0. The van der Waals surface area contributed by atoms with Gasteiger partial charge in [-0.05, 0) is 99.9 Å². The summed E-state index contributed by atoms with van der Waals surface area (Å²) >= 11 is 0. The van der Waals surface area contributed by atoms with Gasteiger partial charge in [-0.3, -0.25) is 0 Å². The van der Waals surface area contributed by atoms with E-state index >= 15 is 0 Å². The minimum atomic E-state index is -0.242. The largest absolute Gasteiger partial charge is 0.334 e. The fourth-order valence-corrected chi connectivity index (χ4v) is 7.96. The number of allylic oxidation sites excluding steroid dienone is 1. The minimum absolute atomic E-state index is 0.178. The number of nitrogens with zero attached hydrogens (tertiary/aromatic N) is 2. The fourth-order valence-electron chi connectivity index (χ4n) is 7.96. The molecule has 0 amide bonds. The van der Waals surface area contributed by atoms with Crippen molar-refractivity contribution in [2.45, 2.75) is 85.7 Å². The van der Waals surface area contributed by atoms with Crippen molar-refractivity contribution in [2.75, 3.05) is 0 Å². The lowest BCUT2D eigenvalue weighted by molar-refractivity contribution is 0.364. The highest BCUT2D eigenvalue weighted by Crippen LogP contribution is 2.46. The predicted octanol–water partition coefficient (Wildman–Crippen LogP) is 11.4. The van der Waals surface area contributed by atoms with Gasteiger partial charge >= 0.3 is 0 Å². The number of aromatic nitrogens is 2. The molecule has 0 N–H and O–H groups in total. The molecule has 4 aromatic carbocycles. The Morgan fingerprint density at radius 1 is 0.614 bits per heavy atom. The van der Waals surface area contributed by atoms with E-state index in [0.29, 0.717) is 11.8 Å². The number of hydrogen-bond acceptors (Lipinski definition) is 0. The molecule has 7 rings (SSSR count). The van der Waals surface area contributed by atoms with Crippen molar-refractivity contribution in [3.63, 3.8) is 0 Å².